The summed E-state index contributed by atoms with van der Waals surface area (Å²) in [5.74, 6) is 0.611. The van der Waals surface area contributed by atoms with Gasteiger partial charge in [-0.25, -0.2) is 8.42 Å². The molecule has 0 saturated carbocycles. The molecule has 0 saturated heterocycles. The van der Waals surface area contributed by atoms with E-state index >= 15 is 0 Å². The van der Waals surface area contributed by atoms with Crippen molar-refractivity contribution in [1.82, 2.24) is 0 Å². The van der Waals surface area contributed by atoms with Crippen LogP contribution < -0.4 is 9.04 Å². The zero-order chi connectivity index (χ0) is 18.4. The zero-order valence-electron chi connectivity index (χ0n) is 14.6. The van der Waals surface area contributed by atoms with E-state index in [9.17, 15) is 8.42 Å². The van der Waals surface area contributed by atoms with E-state index in [4.69, 9.17) is 16.3 Å². The van der Waals surface area contributed by atoms with Crippen molar-refractivity contribution < 1.29 is 13.2 Å². The van der Waals surface area contributed by atoms with E-state index in [1.165, 1.54) is 4.31 Å². The molecule has 4 nitrogen and oxygen atoms in total. The molecule has 25 heavy (non-hydrogen) atoms. The minimum atomic E-state index is -3.75. The van der Waals surface area contributed by atoms with Gasteiger partial charge in [-0.05, 0) is 68.8 Å². The molecule has 0 radical (unpaired) electrons. The van der Waals surface area contributed by atoms with Gasteiger partial charge in [-0.15, -0.1) is 0 Å². The average molecular weight is 378 g/mol. The fourth-order valence-corrected chi connectivity index (χ4v) is 5.22. The van der Waals surface area contributed by atoms with Gasteiger partial charge in [0.15, 0.2) is 0 Å². The van der Waals surface area contributed by atoms with Crippen molar-refractivity contribution in [2.75, 3.05) is 11.4 Å². The summed E-state index contributed by atoms with van der Waals surface area (Å²) in [6.45, 7) is 5.73. The maximum atomic E-state index is 13.4. The highest BCUT2D eigenvalue weighted by molar-refractivity contribution is 7.93. The lowest BCUT2D eigenvalue weighted by Gasteiger charge is -2.42. The number of allylic oxidation sites excluding steroid dienone is 1. The number of halogens is 1. The van der Waals surface area contributed by atoms with Gasteiger partial charge in [-0.1, -0.05) is 17.7 Å². The van der Waals surface area contributed by atoms with Crippen LogP contribution >= 0.6 is 11.6 Å². The summed E-state index contributed by atoms with van der Waals surface area (Å²) >= 11 is 6.12. The molecule has 2 aromatic carbocycles. The number of hydrogen-bond acceptors (Lipinski definition) is 3. The minimum Gasteiger partial charge on any atom is -0.497 e. The number of ether oxygens (including phenoxy) is 1. The molecule has 0 amide bonds. The van der Waals surface area contributed by atoms with Crippen molar-refractivity contribution in [3.8, 4) is 5.75 Å². The van der Waals surface area contributed by atoms with Gasteiger partial charge in [-0.2, -0.15) is 0 Å². The Balaban J connectivity index is 2.20. The highest BCUT2D eigenvalue weighted by Gasteiger charge is 2.40. The summed E-state index contributed by atoms with van der Waals surface area (Å²) in [5.41, 5.74) is 1.75. The first-order valence-corrected chi connectivity index (χ1v) is 9.67. The summed E-state index contributed by atoms with van der Waals surface area (Å²) in [6.07, 6.45) is 1.95. The normalized spacial score (nSPS) is 16.2. The molecule has 132 valence electrons. The Bertz CT molecular complexity index is 947. The van der Waals surface area contributed by atoms with Crippen molar-refractivity contribution in [1.29, 1.82) is 0 Å². The van der Waals surface area contributed by atoms with Crippen LogP contribution in [0.2, 0.25) is 5.02 Å². The van der Waals surface area contributed by atoms with Crippen LogP contribution in [0.25, 0.3) is 5.57 Å². The van der Waals surface area contributed by atoms with Crippen LogP contribution in [0.5, 0.6) is 5.75 Å². The summed E-state index contributed by atoms with van der Waals surface area (Å²) in [7, 11) is -2.21. The highest BCUT2D eigenvalue weighted by Crippen LogP contribution is 2.43. The van der Waals surface area contributed by atoms with Gasteiger partial charge >= 0.3 is 0 Å². The molecular weight excluding hydrogens is 358 g/mol. The van der Waals surface area contributed by atoms with Crippen LogP contribution in [0.15, 0.2) is 53.4 Å². The number of hydrogen-bond donors (Lipinski definition) is 0. The van der Waals surface area contributed by atoms with Crippen molar-refractivity contribution in [2.45, 2.75) is 31.2 Å². The first-order valence-electron chi connectivity index (χ1n) is 7.86. The summed E-state index contributed by atoms with van der Waals surface area (Å²) in [5, 5.41) is 0.577. The molecule has 3 rings (SSSR count). The fourth-order valence-electron chi connectivity index (χ4n) is 3.27. The molecule has 0 atom stereocenters. The SMILES string of the molecule is COc1ccc(S(=O)(=O)N2c3ccc(Cl)cc3C(C)=CC2(C)C)cc1. The average Bonchev–Trinajstić information content (AvgIpc) is 2.54. The Labute approximate surface area is 153 Å². The van der Waals surface area contributed by atoms with E-state index in [0.29, 0.717) is 16.5 Å². The summed E-state index contributed by atoms with van der Waals surface area (Å²) < 4.78 is 33.3. The van der Waals surface area contributed by atoms with Crippen LogP contribution in [0, 0.1) is 0 Å². The second kappa shape index (κ2) is 6.07. The lowest BCUT2D eigenvalue weighted by atomic mass is 9.91. The Morgan fingerprint density at radius 3 is 2.32 bits per heavy atom. The molecule has 2 aromatic rings. The van der Waals surface area contributed by atoms with Gasteiger partial charge in [0.05, 0.1) is 23.2 Å². The molecule has 1 heterocycles. The van der Waals surface area contributed by atoms with Gasteiger partial charge in [0, 0.05) is 10.6 Å². The molecule has 0 bridgehead atoms. The Morgan fingerprint density at radius 2 is 1.72 bits per heavy atom. The van der Waals surface area contributed by atoms with Gasteiger partial charge in [0.2, 0.25) is 0 Å². The largest absolute Gasteiger partial charge is 0.497 e. The molecule has 0 N–H and O–H groups in total. The molecule has 0 spiro atoms. The maximum Gasteiger partial charge on any atom is 0.265 e. The molecule has 1 aliphatic heterocycles. The molecule has 0 fully saturated rings. The monoisotopic (exact) mass is 377 g/mol. The van der Waals surface area contributed by atoms with Crippen molar-refractivity contribution in [3.05, 3.63) is 59.1 Å². The van der Waals surface area contributed by atoms with Crippen molar-refractivity contribution in [3.63, 3.8) is 0 Å². The lowest BCUT2D eigenvalue weighted by molar-refractivity contribution is 0.414. The fraction of sp³-hybridized carbons (Fsp3) is 0.263. The molecule has 6 heteroatoms. The summed E-state index contributed by atoms with van der Waals surface area (Å²) in [6, 6.07) is 11.7. The van der Waals surface area contributed by atoms with Gasteiger partial charge in [-0.3, -0.25) is 4.31 Å². The first kappa shape index (κ1) is 17.8. The number of nitrogens with zero attached hydrogens (tertiary/aromatic N) is 1. The highest BCUT2D eigenvalue weighted by atomic mass is 35.5. The number of benzene rings is 2. The second-order valence-corrected chi connectivity index (χ2v) is 8.81. The van der Waals surface area contributed by atoms with Crippen LogP contribution in [0.4, 0.5) is 5.69 Å². The third-order valence-electron chi connectivity index (χ3n) is 4.29. The maximum absolute atomic E-state index is 13.4. The van der Waals surface area contributed by atoms with Gasteiger partial charge in [0.1, 0.15) is 5.75 Å². The van der Waals surface area contributed by atoms with E-state index < -0.39 is 15.6 Å². The number of fused-ring (bicyclic) bond motifs is 1. The van der Waals surface area contributed by atoms with E-state index in [-0.39, 0.29) is 4.90 Å². The molecular formula is C19H20ClNO3S. The zero-order valence-corrected chi connectivity index (χ0v) is 16.1. The molecule has 1 aliphatic rings. The van der Waals surface area contributed by atoms with E-state index in [0.717, 1.165) is 11.1 Å². The predicted octanol–water partition coefficient (Wildman–Crippen LogP) is 4.74. The lowest BCUT2D eigenvalue weighted by Crippen LogP contribution is -2.48. The van der Waals surface area contributed by atoms with Gasteiger partial charge < -0.3 is 4.74 Å². The van der Waals surface area contributed by atoms with E-state index in [1.807, 2.05) is 26.8 Å². The third-order valence-corrected chi connectivity index (χ3v) is 6.54. The number of sulfonamides is 1. The topological polar surface area (TPSA) is 46.6 Å². The van der Waals surface area contributed by atoms with Crippen molar-refractivity contribution >= 4 is 32.9 Å². The standard InChI is InChI=1S/C19H20ClNO3S/c1-13-12-19(2,3)21(18-10-5-14(20)11-17(13)18)25(22,23)16-8-6-15(24-4)7-9-16/h5-12H,1-4H3. The Kier molecular flexibility index (Phi) is 4.33. The third kappa shape index (κ3) is 3.02. The van der Waals surface area contributed by atoms with Crippen LogP contribution in [-0.4, -0.2) is 21.1 Å². The molecule has 0 unspecified atom stereocenters. The Hall–Kier alpha value is -1.98. The number of rotatable bonds is 3. The summed E-state index contributed by atoms with van der Waals surface area (Å²) in [4.78, 5) is 0.218. The number of methoxy groups -OCH3 is 1. The predicted molar refractivity (Wildman–Crippen MR) is 102 cm³/mol. The van der Waals surface area contributed by atoms with Crippen molar-refractivity contribution in [2.24, 2.45) is 0 Å². The molecule has 0 aromatic heterocycles. The van der Waals surface area contributed by atoms with Gasteiger partial charge in [0.25, 0.3) is 10.0 Å². The number of anilines is 1. The van der Waals surface area contributed by atoms with E-state index in [1.54, 1.807) is 49.6 Å². The quantitative estimate of drug-likeness (QED) is 0.776. The minimum absolute atomic E-state index is 0.218. The van der Waals surface area contributed by atoms with Crippen LogP contribution in [0.3, 0.4) is 0 Å². The first-order chi connectivity index (χ1) is 11.7. The Morgan fingerprint density at radius 1 is 1.08 bits per heavy atom. The smallest absolute Gasteiger partial charge is 0.265 e. The van der Waals surface area contributed by atoms with E-state index in [2.05, 4.69) is 0 Å². The molecule has 0 aliphatic carbocycles. The second-order valence-electron chi connectivity index (χ2n) is 6.59. The van der Waals surface area contributed by atoms with Crippen LogP contribution in [-0.2, 0) is 10.0 Å². The van der Waals surface area contributed by atoms with Crippen LogP contribution in [0.1, 0.15) is 26.3 Å².